The van der Waals surface area contributed by atoms with Crippen LogP contribution in [0.1, 0.15) is 11.1 Å². The van der Waals surface area contributed by atoms with Crippen LogP contribution in [-0.2, 0) is 4.79 Å². The number of anilines is 1. The molecule has 0 fully saturated rings. The first-order valence-corrected chi connectivity index (χ1v) is 9.20. The lowest BCUT2D eigenvalue weighted by molar-refractivity contribution is -0.704. The Hall–Kier alpha value is -2.51. The maximum absolute atomic E-state index is 12.2. The highest BCUT2D eigenvalue weighted by atomic mass is 35.5. The summed E-state index contributed by atoms with van der Waals surface area (Å²) in [5, 5.41) is 6.20. The molecule has 3 rings (SSSR count). The Bertz CT molecular complexity index is 996. The number of carbonyl (C=O) groups is 1. The van der Waals surface area contributed by atoms with Gasteiger partial charge in [0.15, 0.2) is 0 Å². The number of nitrogens with one attached hydrogen (secondary N) is 2. The number of aromatic nitrogens is 2. The molecule has 0 spiro atoms. The fourth-order valence-corrected chi connectivity index (χ4v) is 3.20. The number of aromatic amines is 1. The molecule has 0 saturated heterocycles. The molecule has 2 aromatic carbocycles. The summed E-state index contributed by atoms with van der Waals surface area (Å²) in [5.41, 5.74) is 2.86. The average molecular weight is 391 g/mol. The van der Waals surface area contributed by atoms with Crippen LogP contribution in [0.3, 0.4) is 0 Å². The second-order valence-corrected chi connectivity index (χ2v) is 7.13. The summed E-state index contributed by atoms with van der Waals surface area (Å²) in [4.78, 5) is 24.1. The minimum atomic E-state index is -0.526. The van der Waals surface area contributed by atoms with Gasteiger partial charge in [0.25, 0.3) is 0 Å². The molecule has 0 bridgehead atoms. The molecule has 0 unspecified atom stereocenters. The number of thioether (sulfide) groups is 1. The molecule has 134 valence electrons. The highest BCUT2D eigenvalue weighted by molar-refractivity contribution is 7.99. The first kappa shape index (κ1) is 18.3. The monoisotopic (exact) mass is 390 g/mol. The van der Waals surface area contributed by atoms with Crippen molar-refractivity contribution in [1.82, 2.24) is 5.27 Å². The number of H-pyrrole nitrogens is 1. The number of amides is 1. The number of carbonyl (C=O) groups excluding carboxylic acids is 1. The van der Waals surface area contributed by atoms with Gasteiger partial charge in [0.1, 0.15) is 0 Å². The van der Waals surface area contributed by atoms with Gasteiger partial charge in [-0.05, 0) is 53.3 Å². The number of nitrogens with zero attached hydrogens (tertiary/aromatic N) is 1. The van der Waals surface area contributed by atoms with E-state index in [0.717, 1.165) is 28.6 Å². The van der Waals surface area contributed by atoms with Crippen LogP contribution in [0.25, 0.3) is 5.69 Å². The third-order valence-electron chi connectivity index (χ3n) is 3.70. The van der Waals surface area contributed by atoms with Crippen molar-refractivity contribution in [3.63, 3.8) is 0 Å². The van der Waals surface area contributed by atoms with Gasteiger partial charge in [-0.15, -0.1) is 0 Å². The molecule has 0 radical (unpaired) electrons. The van der Waals surface area contributed by atoms with Gasteiger partial charge < -0.3 is 5.32 Å². The van der Waals surface area contributed by atoms with Crippen LogP contribution < -0.4 is 15.6 Å². The van der Waals surface area contributed by atoms with E-state index in [0.29, 0.717) is 15.7 Å². The SMILES string of the molecule is Cc1ccc(-[n+]2[nH]oc(=O)c2SCC(=O)Nc2ccc(C)c(Cl)c2)cc1. The highest BCUT2D eigenvalue weighted by Gasteiger charge is 2.24. The topological polar surface area (TPSA) is 79.0 Å². The second kappa shape index (κ2) is 7.80. The van der Waals surface area contributed by atoms with Crippen LogP contribution in [0.2, 0.25) is 5.02 Å². The van der Waals surface area contributed by atoms with Gasteiger partial charge in [-0.3, -0.25) is 9.32 Å². The molecule has 3 aromatic rings. The zero-order valence-corrected chi connectivity index (χ0v) is 15.8. The van der Waals surface area contributed by atoms with Crippen LogP contribution in [0.4, 0.5) is 5.69 Å². The van der Waals surface area contributed by atoms with Crippen molar-refractivity contribution in [2.45, 2.75) is 18.9 Å². The van der Waals surface area contributed by atoms with Gasteiger partial charge in [0.2, 0.25) is 11.6 Å². The molecular formula is C18H17ClN3O3S+. The third kappa shape index (κ3) is 4.17. The van der Waals surface area contributed by atoms with Gasteiger partial charge in [-0.1, -0.05) is 35.4 Å². The second-order valence-electron chi connectivity index (χ2n) is 5.76. The van der Waals surface area contributed by atoms with Crippen LogP contribution in [0, 0.1) is 13.8 Å². The van der Waals surface area contributed by atoms with E-state index < -0.39 is 5.63 Å². The Morgan fingerprint density at radius 3 is 2.65 bits per heavy atom. The lowest BCUT2D eigenvalue weighted by Gasteiger charge is -2.05. The fraction of sp³-hybridized carbons (Fsp3) is 0.167. The molecule has 1 aromatic heterocycles. The molecule has 0 aliphatic heterocycles. The maximum atomic E-state index is 12.2. The Labute approximate surface area is 159 Å². The molecule has 2 N–H and O–H groups in total. The zero-order chi connectivity index (χ0) is 18.7. The van der Waals surface area contributed by atoms with Crippen LogP contribution in [0.15, 0.2) is 56.8 Å². The van der Waals surface area contributed by atoms with Crippen molar-refractivity contribution in [3.05, 3.63) is 69.0 Å². The summed E-state index contributed by atoms with van der Waals surface area (Å²) >= 11 is 7.15. The minimum Gasteiger partial charge on any atom is -0.325 e. The molecular weight excluding hydrogens is 374 g/mol. The smallest absolute Gasteiger partial charge is 0.325 e. The van der Waals surface area contributed by atoms with Crippen LogP contribution in [-0.4, -0.2) is 16.9 Å². The van der Waals surface area contributed by atoms with E-state index in [1.54, 1.807) is 12.1 Å². The zero-order valence-electron chi connectivity index (χ0n) is 14.2. The Morgan fingerprint density at radius 1 is 1.23 bits per heavy atom. The molecule has 1 heterocycles. The van der Waals surface area contributed by atoms with Gasteiger partial charge in [0, 0.05) is 22.8 Å². The molecule has 6 nitrogen and oxygen atoms in total. The predicted molar refractivity (Wildman–Crippen MR) is 101 cm³/mol. The standard InChI is InChI=1S/C18H16ClN3O3S/c1-11-3-7-14(8-4-11)22-17(18(24)25-21-22)26-10-16(23)20-13-6-5-12(2)15(19)9-13/h3-9H,10H2,1-2H3,(H-,20,21,23,24)/p+1. The fourth-order valence-electron chi connectivity index (χ4n) is 2.25. The Morgan fingerprint density at radius 2 is 1.96 bits per heavy atom. The quantitative estimate of drug-likeness (QED) is 0.517. The molecule has 0 atom stereocenters. The Kier molecular flexibility index (Phi) is 5.49. The van der Waals surface area contributed by atoms with E-state index >= 15 is 0 Å². The van der Waals surface area contributed by atoms with E-state index in [1.165, 1.54) is 4.68 Å². The van der Waals surface area contributed by atoms with Crippen LogP contribution >= 0.6 is 23.4 Å². The van der Waals surface area contributed by atoms with Crippen molar-refractivity contribution >= 4 is 35.0 Å². The normalized spacial score (nSPS) is 10.7. The highest BCUT2D eigenvalue weighted by Crippen LogP contribution is 2.20. The van der Waals surface area contributed by atoms with E-state index in [2.05, 4.69) is 10.6 Å². The van der Waals surface area contributed by atoms with Crippen molar-refractivity contribution < 1.29 is 14.0 Å². The largest absolute Gasteiger partial charge is 0.442 e. The Balaban J connectivity index is 1.70. The minimum absolute atomic E-state index is 0.0555. The average Bonchev–Trinajstić information content (AvgIpc) is 2.98. The predicted octanol–water partition coefficient (Wildman–Crippen LogP) is 3.25. The number of benzene rings is 2. The summed E-state index contributed by atoms with van der Waals surface area (Å²) in [6.45, 7) is 3.86. The molecule has 0 aliphatic carbocycles. The maximum Gasteiger partial charge on any atom is 0.442 e. The summed E-state index contributed by atoms with van der Waals surface area (Å²) in [7, 11) is 0. The first-order valence-electron chi connectivity index (χ1n) is 7.83. The molecule has 1 amide bonds. The van der Waals surface area contributed by atoms with E-state index in [9.17, 15) is 9.59 Å². The number of rotatable bonds is 5. The summed E-state index contributed by atoms with van der Waals surface area (Å²) < 4.78 is 6.39. The lowest BCUT2D eigenvalue weighted by atomic mass is 10.2. The summed E-state index contributed by atoms with van der Waals surface area (Å²) in [5.74, 6) is -0.189. The van der Waals surface area contributed by atoms with Crippen LogP contribution in [0.5, 0.6) is 0 Å². The van der Waals surface area contributed by atoms with E-state index in [4.69, 9.17) is 16.1 Å². The van der Waals surface area contributed by atoms with Gasteiger partial charge in [0.05, 0.1) is 5.75 Å². The number of aryl methyl sites for hydroxylation is 2. The van der Waals surface area contributed by atoms with Crippen molar-refractivity contribution in [2.75, 3.05) is 11.1 Å². The van der Waals surface area contributed by atoms with Crippen molar-refractivity contribution in [1.29, 1.82) is 0 Å². The molecule has 0 saturated carbocycles. The van der Waals surface area contributed by atoms with Crippen molar-refractivity contribution in [3.8, 4) is 5.69 Å². The molecule has 0 aliphatic rings. The third-order valence-corrected chi connectivity index (χ3v) is 5.13. The van der Waals surface area contributed by atoms with Crippen molar-refractivity contribution in [2.24, 2.45) is 0 Å². The lowest BCUT2D eigenvalue weighted by Crippen LogP contribution is -2.36. The summed E-state index contributed by atoms with van der Waals surface area (Å²) in [6, 6.07) is 12.9. The summed E-state index contributed by atoms with van der Waals surface area (Å²) in [6.07, 6.45) is 0. The molecule has 8 heteroatoms. The van der Waals surface area contributed by atoms with E-state index in [-0.39, 0.29) is 11.7 Å². The van der Waals surface area contributed by atoms with Gasteiger partial charge >= 0.3 is 10.7 Å². The number of hydrogen-bond donors (Lipinski definition) is 2. The number of hydrogen-bond acceptors (Lipinski definition) is 4. The molecule has 26 heavy (non-hydrogen) atoms. The first-order chi connectivity index (χ1) is 12.4. The van der Waals surface area contributed by atoms with Gasteiger partial charge in [-0.25, -0.2) is 4.79 Å². The van der Waals surface area contributed by atoms with E-state index in [1.807, 2.05) is 44.2 Å². The van der Waals surface area contributed by atoms with Gasteiger partial charge in [-0.2, -0.15) is 0 Å². The number of halogens is 1.